The molecule has 2 heterocycles. The Balaban J connectivity index is 0.00000157. The number of rotatable bonds is 15. The molecule has 0 aliphatic rings. The van der Waals surface area contributed by atoms with Crippen molar-refractivity contribution in [2.45, 2.75) is 80.3 Å². The first-order chi connectivity index (χ1) is 26.1. The molecule has 0 atom stereocenters. The lowest BCUT2D eigenvalue weighted by atomic mass is 10.0. The molecular formula is C40H58N8O6. The number of aromatic nitrogens is 4. The number of imidazole rings is 2. The summed E-state index contributed by atoms with van der Waals surface area (Å²) in [5.74, 6) is 0.847. The molecule has 294 valence electrons. The van der Waals surface area contributed by atoms with Crippen LogP contribution in [0.2, 0.25) is 0 Å². The number of hydrogen-bond acceptors (Lipinski definition) is 8. The number of aromatic amines is 2. The van der Waals surface area contributed by atoms with Gasteiger partial charge in [-0.1, -0.05) is 103 Å². The number of nitrogens with zero attached hydrogens (tertiary/aromatic N) is 4. The van der Waals surface area contributed by atoms with E-state index in [-0.39, 0.29) is 24.9 Å². The van der Waals surface area contributed by atoms with Crippen LogP contribution in [0, 0.1) is 0 Å². The summed E-state index contributed by atoms with van der Waals surface area (Å²) in [6, 6.07) is 16.2. The van der Waals surface area contributed by atoms with E-state index in [9.17, 15) is 19.2 Å². The maximum absolute atomic E-state index is 12.6. The Labute approximate surface area is 319 Å². The van der Waals surface area contributed by atoms with Gasteiger partial charge in [0.05, 0.1) is 51.1 Å². The molecule has 4 aromatic rings. The molecule has 0 radical (unpaired) electrons. The van der Waals surface area contributed by atoms with Crippen LogP contribution < -0.4 is 10.6 Å². The molecule has 0 saturated carbocycles. The Kier molecular flexibility index (Phi) is 20.2. The highest BCUT2D eigenvalue weighted by molar-refractivity contribution is 5.83. The minimum Gasteiger partial charge on any atom is -0.453 e. The Bertz CT molecular complexity index is 1580. The average molecular weight is 747 g/mol. The molecule has 0 unspecified atom stereocenters. The van der Waals surface area contributed by atoms with Crippen LogP contribution in [0.5, 0.6) is 0 Å². The van der Waals surface area contributed by atoms with Crippen LogP contribution >= 0.6 is 0 Å². The predicted molar refractivity (Wildman–Crippen MR) is 211 cm³/mol. The smallest absolute Gasteiger partial charge is 0.407 e. The van der Waals surface area contributed by atoms with E-state index < -0.39 is 12.2 Å². The third-order valence-electron chi connectivity index (χ3n) is 7.49. The van der Waals surface area contributed by atoms with Gasteiger partial charge in [-0.3, -0.25) is 9.59 Å². The molecule has 0 fully saturated rings. The number of ether oxygens (including phenoxy) is 2. The molecule has 0 spiro atoms. The number of nitrogens with one attached hydrogen (secondary N) is 4. The third-order valence-corrected chi connectivity index (χ3v) is 7.49. The van der Waals surface area contributed by atoms with Gasteiger partial charge in [0.15, 0.2) is 0 Å². The molecule has 0 aliphatic heterocycles. The summed E-state index contributed by atoms with van der Waals surface area (Å²) in [7, 11) is 2.50. The fourth-order valence-corrected chi connectivity index (χ4v) is 5.01. The van der Waals surface area contributed by atoms with Crippen LogP contribution in [0.1, 0.15) is 78.9 Å². The fourth-order valence-electron chi connectivity index (χ4n) is 5.01. The zero-order valence-corrected chi connectivity index (χ0v) is 33.1. The summed E-state index contributed by atoms with van der Waals surface area (Å²) in [6.45, 7) is 13.8. The maximum atomic E-state index is 12.6. The van der Waals surface area contributed by atoms with Crippen molar-refractivity contribution in [3.63, 3.8) is 0 Å². The second kappa shape index (κ2) is 24.6. The quantitative estimate of drug-likeness (QED) is 0.0992. The van der Waals surface area contributed by atoms with Gasteiger partial charge in [0.1, 0.15) is 24.7 Å². The van der Waals surface area contributed by atoms with Gasteiger partial charge < -0.3 is 39.9 Å². The number of hydrogen-bond donors (Lipinski definition) is 4. The van der Waals surface area contributed by atoms with Gasteiger partial charge >= 0.3 is 12.2 Å². The molecule has 0 saturated heterocycles. The minimum absolute atomic E-state index is 0.148. The summed E-state index contributed by atoms with van der Waals surface area (Å²) in [5, 5.41) is 4.86. The largest absolute Gasteiger partial charge is 0.453 e. The molecule has 4 amide bonds. The van der Waals surface area contributed by atoms with Crippen molar-refractivity contribution in [1.29, 1.82) is 0 Å². The maximum Gasteiger partial charge on any atom is 0.407 e. The summed E-state index contributed by atoms with van der Waals surface area (Å²) in [4.78, 5) is 66.8. The number of carbonyl (C=O) groups is 4. The average Bonchev–Trinajstić information content (AvgIpc) is 3.86. The van der Waals surface area contributed by atoms with Crippen LogP contribution in [0.15, 0.2) is 60.9 Å². The normalized spacial score (nSPS) is 10.1. The molecule has 0 bridgehead atoms. The first-order valence-electron chi connectivity index (χ1n) is 18.6. The lowest BCUT2D eigenvalue weighted by Gasteiger charge is -2.21. The molecule has 0 aliphatic carbocycles. The zero-order chi connectivity index (χ0) is 39.9. The van der Waals surface area contributed by atoms with Crippen LogP contribution in [-0.2, 0) is 32.2 Å². The standard InChI is InChI=1S/C34H42N8O6.2C3H8/c1-5-15-41(31(43)19-37-33(45)47-3)21-29-35-17-27(39-29)25-11-7-23(8-12-25)24-9-13-26(14-10-24)28-18-36-30(40-28)22-42(16-6-2)32(44)20-38-34(46)48-4;2*1-3-2/h7-14,17-18H,5-6,15-16,19-22H2,1-4H3,(H,35,39)(H,36,40)(H,37,45)(H,38,46);2*3H2,1-2H3. The van der Waals surface area contributed by atoms with Gasteiger partial charge in [-0.05, 0) is 35.1 Å². The third kappa shape index (κ3) is 14.8. The first kappa shape index (κ1) is 44.5. The van der Waals surface area contributed by atoms with Crippen LogP contribution in [-0.4, -0.2) is 94.1 Å². The Morgan fingerprint density at radius 3 is 1.19 bits per heavy atom. The number of carbonyl (C=O) groups excluding carboxylic acids is 4. The molecule has 14 heteroatoms. The highest BCUT2D eigenvalue weighted by Crippen LogP contribution is 2.27. The second-order valence-electron chi connectivity index (χ2n) is 12.4. The van der Waals surface area contributed by atoms with E-state index in [1.807, 2.05) is 62.4 Å². The molecule has 4 rings (SSSR count). The summed E-state index contributed by atoms with van der Waals surface area (Å²) in [6.07, 6.45) is 6.22. The van der Waals surface area contributed by atoms with Crippen LogP contribution in [0.25, 0.3) is 33.6 Å². The Morgan fingerprint density at radius 2 is 0.889 bits per heavy atom. The number of benzene rings is 2. The Morgan fingerprint density at radius 1 is 0.574 bits per heavy atom. The van der Waals surface area contributed by atoms with Gasteiger partial charge in [0.2, 0.25) is 11.8 Å². The van der Waals surface area contributed by atoms with Gasteiger partial charge in [0, 0.05) is 13.1 Å². The van der Waals surface area contributed by atoms with E-state index in [0.717, 1.165) is 46.5 Å². The predicted octanol–water partition coefficient (Wildman–Crippen LogP) is 7.16. The SMILES string of the molecule is CCC.CCC.CCCN(Cc1ncc(-c2ccc(-c3ccc(-c4cnc(CN(CCC)C(=O)CNC(=O)OC)[nH]4)cc3)cc2)[nH]1)C(=O)CNC(=O)OC. The van der Waals surface area contributed by atoms with Gasteiger partial charge in [-0.15, -0.1) is 0 Å². The Hall–Kier alpha value is -5.66. The number of H-pyrrole nitrogens is 2. The van der Waals surface area contributed by atoms with Gasteiger partial charge in [-0.25, -0.2) is 19.6 Å². The summed E-state index contributed by atoms with van der Waals surface area (Å²) in [5.41, 5.74) is 5.66. The summed E-state index contributed by atoms with van der Waals surface area (Å²) < 4.78 is 9.09. The number of alkyl carbamates (subject to hydrolysis) is 2. The van der Waals surface area contributed by atoms with Gasteiger partial charge in [-0.2, -0.15) is 0 Å². The van der Waals surface area contributed by atoms with Crippen LogP contribution in [0.3, 0.4) is 0 Å². The highest BCUT2D eigenvalue weighted by Gasteiger charge is 2.18. The monoisotopic (exact) mass is 746 g/mol. The van der Waals surface area contributed by atoms with E-state index in [1.165, 1.54) is 27.1 Å². The van der Waals surface area contributed by atoms with E-state index in [1.54, 1.807) is 22.2 Å². The first-order valence-corrected chi connectivity index (χ1v) is 18.6. The molecule has 2 aromatic heterocycles. The van der Waals surface area contributed by atoms with Crippen molar-refractivity contribution in [3.05, 3.63) is 72.6 Å². The van der Waals surface area contributed by atoms with E-state index in [2.05, 4.69) is 67.7 Å². The van der Waals surface area contributed by atoms with Crippen molar-refractivity contribution >= 4 is 24.0 Å². The van der Waals surface area contributed by atoms with Gasteiger partial charge in [0.25, 0.3) is 0 Å². The van der Waals surface area contributed by atoms with Crippen molar-refractivity contribution in [3.8, 4) is 33.6 Å². The molecule has 54 heavy (non-hydrogen) atoms. The molecule has 14 nitrogen and oxygen atoms in total. The minimum atomic E-state index is -0.652. The highest BCUT2D eigenvalue weighted by atomic mass is 16.5. The van der Waals surface area contributed by atoms with Crippen molar-refractivity contribution in [2.24, 2.45) is 0 Å². The lowest BCUT2D eigenvalue weighted by molar-refractivity contribution is -0.131. The number of amides is 4. The number of methoxy groups -OCH3 is 2. The topological polar surface area (TPSA) is 175 Å². The van der Waals surface area contributed by atoms with E-state index in [4.69, 9.17) is 0 Å². The lowest BCUT2D eigenvalue weighted by Crippen LogP contribution is -2.40. The molecular weight excluding hydrogens is 688 g/mol. The van der Waals surface area contributed by atoms with E-state index in [0.29, 0.717) is 37.8 Å². The zero-order valence-electron chi connectivity index (χ0n) is 33.1. The molecule has 4 N–H and O–H groups in total. The van der Waals surface area contributed by atoms with Crippen molar-refractivity contribution < 1.29 is 28.7 Å². The van der Waals surface area contributed by atoms with E-state index >= 15 is 0 Å². The van der Waals surface area contributed by atoms with Crippen molar-refractivity contribution in [2.75, 3.05) is 40.4 Å². The second-order valence-corrected chi connectivity index (χ2v) is 12.4. The van der Waals surface area contributed by atoms with Crippen LogP contribution in [0.4, 0.5) is 9.59 Å². The summed E-state index contributed by atoms with van der Waals surface area (Å²) >= 11 is 0. The van der Waals surface area contributed by atoms with Crippen molar-refractivity contribution in [1.82, 2.24) is 40.4 Å². The molecule has 2 aromatic carbocycles. The fraction of sp³-hybridized carbons (Fsp3) is 0.450.